The Balaban J connectivity index is 4.51. The first-order valence-electron chi connectivity index (χ1n) is 7.95. The van der Waals surface area contributed by atoms with Gasteiger partial charge in [0.05, 0.1) is 6.61 Å². The number of carbonyl (C=O) groups excluding carboxylic acids is 1. The smallest absolute Gasteiger partial charge is 0.323 e. The minimum atomic E-state index is -1.34. The fourth-order valence-corrected chi connectivity index (χ4v) is 2.53. The van der Waals surface area contributed by atoms with Crippen LogP contribution in [0.5, 0.6) is 0 Å². The van der Waals surface area contributed by atoms with Crippen LogP contribution < -0.4 is 0 Å². The Morgan fingerprint density at radius 3 is 2.00 bits per heavy atom. The van der Waals surface area contributed by atoms with Crippen LogP contribution in [0.25, 0.3) is 0 Å². The van der Waals surface area contributed by atoms with Gasteiger partial charge in [-0.05, 0) is 19.8 Å². The number of carbonyl (C=O) groups is 2. The van der Waals surface area contributed by atoms with Crippen LogP contribution in [-0.4, -0.2) is 23.7 Å². The van der Waals surface area contributed by atoms with Crippen molar-refractivity contribution in [2.75, 3.05) is 6.61 Å². The Labute approximate surface area is 122 Å². The van der Waals surface area contributed by atoms with Crippen molar-refractivity contribution in [3.63, 3.8) is 0 Å². The second-order valence-corrected chi connectivity index (χ2v) is 5.38. The van der Waals surface area contributed by atoms with E-state index >= 15 is 0 Å². The molecule has 0 aromatic rings. The Morgan fingerprint density at radius 2 is 1.50 bits per heavy atom. The summed E-state index contributed by atoms with van der Waals surface area (Å²) >= 11 is 0. The molecule has 0 bridgehead atoms. The molecule has 4 nitrogen and oxygen atoms in total. The highest BCUT2D eigenvalue weighted by atomic mass is 16.5. The third kappa shape index (κ3) is 5.93. The Hall–Kier alpha value is -1.06. The van der Waals surface area contributed by atoms with Gasteiger partial charge < -0.3 is 9.84 Å². The van der Waals surface area contributed by atoms with Gasteiger partial charge in [-0.2, -0.15) is 0 Å². The van der Waals surface area contributed by atoms with E-state index in [-0.39, 0.29) is 6.61 Å². The van der Waals surface area contributed by atoms with Crippen molar-refractivity contribution in [1.82, 2.24) is 0 Å². The lowest BCUT2D eigenvalue weighted by molar-refractivity contribution is -0.170. The molecule has 0 saturated carbocycles. The van der Waals surface area contributed by atoms with Gasteiger partial charge >= 0.3 is 11.9 Å². The SMILES string of the molecule is CCCCCCCCC(CCC)(C(=O)O)C(=O)OCC. The highest BCUT2D eigenvalue weighted by Crippen LogP contribution is 2.33. The third-order valence-corrected chi connectivity index (χ3v) is 3.71. The average Bonchev–Trinajstić information content (AvgIpc) is 2.41. The maximum atomic E-state index is 12.1. The predicted octanol–water partition coefficient (Wildman–Crippen LogP) is 4.17. The van der Waals surface area contributed by atoms with Crippen LogP contribution in [0.3, 0.4) is 0 Å². The summed E-state index contributed by atoms with van der Waals surface area (Å²) in [5, 5.41) is 9.49. The van der Waals surface area contributed by atoms with Crippen molar-refractivity contribution in [3.05, 3.63) is 0 Å². The molecule has 0 aromatic carbocycles. The van der Waals surface area contributed by atoms with Crippen molar-refractivity contribution in [2.45, 2.75) is 78.6 Å². The molecule has 0 heterocycles. The van der Waals surface area contributed by atoms with Gasteiger partial charge in [-0.3, -0.25) is 9.59 Å². The minimum Gasteiger partial charge on any atom is -0.480 e. The van der Waals surface area contributed by atoms with Crippen LogP contribution >= 0.6 is 0 Å². The zero-order valence-corrected chi connectivity index (χ0v) is 13.2. The number of ether oxygens (including phenoxy) is 1. The first kappa shape index (κ1) is 18.9. The molecule has 0 aromatic heterocycles. The highest BCUT2D eigenvalue weighted by Gasteiger charge is 2.46. The largest absolute Gasteiger partial charge is 0.480 e. The van der Waals surface area contributed by atoms with E-state index in [1.54, 1.807) is 6.92 Å². The Morgan fingerprint density at radius 1 is 0.900 bits per heavy atom. The Bertz CT molecular complexity index is 288. The summed E-state index contributed by atoms with van der Waals surface area (Å²) in [7, 11) is 0. The average molecular weight is 286 g/mol. The maximum Gasteiger partial charge on any atom is 0.323 e. The van der Waals surface area contributed by atoms with Crippen LogP contribution in [0.4, 0.5) is 0 Å². The molecule has 0 aliphatic carbocycles. The maximum absolute atomic E-state index is 12.1. The summed E-state index contributed by atoms with van der Waals surface area (Å²) in [5.41, 5.74) is -1.34. The van der Waals surface area contributed by atoms with Crippen LogP contribution in [0.2, 0.25) is 0 Å². The summed E-state index contributed by atoms with van der Waals surface area (Å²) in [5.74, 6) is -1.60. The van der Waals surface area contributed by atoms with Gasteiger partial charge in [0.25, 0.3) is 0 Å². The van der Waals surface area contributed by atoms with Gasteiger partial charge in [-0.1, -0.05) is 58.8 Å². The molecule has 0 spiro atoms. The first-order valence-corrected chi connectivity index (χ1v) is 7.95. The molecular weight excluding hydrogens is 256 g/mol. The fourth-order valence-electron chi connectivity index (χ4n) is 2.53. The van der Waals surface area contributed by atoms with E-state index in [9.17, 15) is 14.7 Å². The van der Waals surface area contributed by atoms with Gasteiger partial charge in [0, 0.05) is 0 Å². The Kier molecular flexibility index (Phi) is 10.1. The second-order valence-electron chi connectivity index (χ2n) is 5.38. The predicted molar refractivity (Wildman–Crippen MR) is 79.6 cm³/mol. The number of carboxylic acids is 1. The van der Waals surface area contributed by atoms with Crippen LogP contribution in [0.1, 0.15) is 78.6 Å². The van der Waals surface area contributed by atoms with Gasteiger partial charge in [0.1, 0.15) is 0 Å². The molecule has 0 saturated heterocycles. The molecule has 4 heteroatoms. The lowest BCUT2D eigenvalue weighted by Gasteiger charge is -2.26. The van der Waals surface area contributed by atoms with Gasteiger partial charge in [0.2, 0.25) is 0 Å². The number of hydrogen-bond donors (Lipinski definition) is 1. The van der Waals surface area contributed by atoms with Crippen molar-refractivity contribution < 1.29 is 19.4 Å². The van der Waals surface area contributed by atoms with Crippen LogP contribution in [0.15, 0.2) is 0 Å². The van der Waals surface area contributed by atoms with Gasteiger partial charge in [-0.15, -0.1) is 0 Å². The monoisotopic (exact) mass is 286 g/mol. The second kappa shape index (κ2) is 10.7. The van der Waals surface area contributed by atoms with Crippen molar-refractivity contribution in [2.24, 2.45) is 5.41 Å². The normalized spacial score (nSPS) is 13.8. The number of carboxylic acid groups (broad SMARTS) is 1. The summed E-state index contributed by atoms with van der Waals surface area (Å²) in [4.78, 5) is 23.7. The summed E-state index contributed by atoms with van der Waals surface area (Å²) < 4.78 is 5.00. The molecule has 1 unspecified atom stereocenters. The first-order chi connectivity index (χ1) is 9.55. The summed E-state index contributed by atoms with van der Waals surface area (Å²) in [6.07, 6.45) is 7.88. The number of esters is 1. The van der Waals surface area contributed by atoms with E-state index in [0.29, 0.717) is 19.3 Å². The van der Waals surface area contributed by atoms with E-state index in [1.807, 2.05) is 6.92 Å². The van der Waals surface area contributed by atoms with Crippen molar-refractivity contribution in [1.29, 1.82) is 0 Å². The van der Waals surface area contributed by atoms with E-state index in [2.05, 4.69) is 6.92 Å². The lowest BCUT2D eigenvalue weighted by atomic mass is 9.78. The topological polar surface area (TPSA) is 63.6 Å². The molecule has 0 radical (unpaired) electrons. The highest BCUT2D eigenvalue weighted by molar-refractivity contribution is 5.99. The van der Waals surface area contributed by atoms with E-state index < -0.39 is 17.4 Å². The van der Waals surface area contributed by atoms with Gasteiger partial charge in [0.15, 0.2) is 5.41 Å². The number of rotatable bonds is 12. The minimum absolute atomic E-state index is 0.230. The van der Waals surface area contributed by atoms with Crippen LogP contribution in [0, 0.1) is 5.41 Å². The number of aliphatic carboxylic acids is 1. The quantitative estimate of drug-likeness (QED) is 0.332. The number of unbranched alkanes of at least 4 members (excludes halogenated alkanes) is 5. The molecule has 0 fully saturated rings. The summed E-state index contributed by atoms with van der Waals surface area (Å²) in [6, 6.07) is 0. The third-order valence-electron chi connectivity index (χ3n) is 3.71. The van der Waals surface area contributed by atoms with E-state index in [0.717, 1.165) is 19.3 Å². The molecule has 20 heavy (non-hydrogen) atoms. The van der Waals surface area contributed by atoms with Gasteiger partial charge in [-0.25, -0.2) is 0 Å². The molecule has 0 rings (SSSR count). The zero-order chi connectivity index (χ0) is 15.4. The molecule has 0 aliphatic rings. The van der Waals surface area contributed by atoms with Crippen molar-refractivity contribution in [3.8, 4) is 0 Å². The number of hydrogen-bond acceptors (Lipinski definition) is 3. The fraction of sp³-hybridized carbons (Fsp3) is 0.875. The molecule has 1 atom stereocenters. The molecule has 118 valence electrons. The zero-order valence-electron chi connectivity index (χ0n) is 13.2. The lowest BCUT2D eigenvalue weighted by Crippen LogP contribution is -2.40. The summed E-state index contributed by atoms with van der Waals surface area (Å²) in [6.45, 7) is 6.00. The van der Waals surface area contributed by atoms with E-state index in [4.69, 9.17) is 4.74 Å². The van der Waals surface area contributed by atoms with Crippen molar-refractivity contribution >= 4 is 11.9 Å². The standard InChI is InChI=1S/C16H30O4/c1-4-7-8-9-10-11-13-16(12-5-2,14(17)18)15(19)20-6-3/h4-13H2,1-3H3,(H,17,18). The van der Waals surface area contributed by atoms with E-state index in [1.165, 1.54) is 19.3 Å². The molecule has 1 N–H and O–H groups in total. The molecular formula is C16H30O4. The molecule has 0 aliphatic heterocycles. The van der Waals surface area contributed by atoms with Crippen LogP contribution in [-0.2, 0) is 14.3 Å². The molecule has 0 amide bonds.